The fourth-order valence-electron chi connectivity index (χ4n) is 8.95. The summed E-state index contributed by atoms with van der Waals surface area (Å²) in [5, 5.41) is 27.0. The average molecular weight is 837 g/mol. The molecule has 0 atom stereocenters. The second kappa shape index (κ2) is 15.8. The summed E-state index contributed by atoms with van der Waals surface area (Å²) < 4.78 is 0. The standard InChI is InChI=1S/C55H56N4S2/c1-35(2)49-31-51(58(40-21-16-38(33-56)17-22-40)42-13-12-14-44(29-42)60(6,7)8)47-27-25-46-50(36(3)4)32-52(48-28-26-45(49)54(47)55(46)48)59(41-23-18-39(34-57)19-24-41)43-20-15-37(5)53(30-43)61(9,10)11/h12-32,35-36H,1-11H3. The summed E-state index contributed by atoms with van der Waals surface area (Å²) in [5.41, 5.74) is 11.6. The molecule has 0 aliphatic carbocycles. The highest BCUT2D eigenvalue weighted by atomic mass is 32.3. The van der Waals surface area contributed by atoms with Crippen LogP contribution in [-0.2, 0) is 0 Å². The number of anilines is 6. The highest BCUT2D eigenvalue weighted by molar-refractivity contribution is 8.32. The molecule has 61 heavy (non-hydrogen) atoms. The van der Waals surface area contributed by atoms with E-state index >= 15 is 0 Å². The maximum Gasteiger partial charge on any atom is 0.0991 e. The summed E-state index contributed by atoms with van der Waals surface area (Å²) in [5.74, 6) is 0.502. The van der Waals surface area contributed by atoms with Crippen LogP contribution >= 0.6 is 20.1 Å². The Labute approximate surface area is 366 Å². The predicted molar refractivity (Wildman–Crippen MR) is 269 cm³/mol. The molecule has 8 rings (SSSR count). The van der Waals surface area contributed by atoms with Gasteiger partial charge in [-0.05, 0) is 195 Å². The van der Waals surface area contributed by atoms with Gasteiger partial charge < -0.3 is 9.80 Å². The van der Waals surface area contributed by atoms with Crippen LogP contribution in [0.1, 0.15) is 67.3 Å². The number of aryl methyl sites for hydroxylation is 1. The van der Waals surface area contributed by atoms with E-state index in [1.54, 1.807) is 0 Å². The normalized spacial score (nSPS) is 12.6. The van der Waals surface area contributed by atoms with Crippen LogP contribution in [0.4, 0.5) is 34.1 Å². The first kappa shape index (κ1) is 41.8. The molecule has 0 N–H and O–H groups in total. The molecule has 0 saturated carbocycles. The molecule has 0 radical (unpaired) electrons. The molecule has 4 nitrogen and oxygen atoms in total. The van der Waals surface area contributed by atoms with E-state index in [9.17, 15) is 10.5 Å². The number of nitrogens with zero attached hydrogens (tertiary/aromatic N) is 4. The fourth-order valence-corrected chi connectivity index (χ4v) is 11.4. The Morgan fingerprint density at radius 3 is 1.30 bits per heavy atom. The zero-order chi connectivity index (χ0) is 43.5. The predicted octanol–water partition coefficient (Wildman–Crippen LogP) is 15.9. The van der Waals surface area contributed by atoms with Crippen LogP contribution in [0.3, 0.4) is 0 Å². The third-order valence-electron chi connectivity index (χ3n) is 12.0. The molecule has 0 aromatic heterocycles. The summed E-state index contributed by atoms with van der Waals surface area (Å²) in [6, 6.07) is 50.9. The quantitative estimate of drug-likeness (QED) is 0.129. The first-order valence-electron chi connectivity index (χ1n) is 21.0. The van der Waals surface area contributed by atoms with E-state index in [2.05, 4.69) is 197 Å². The lowest BCUT2D eigenvalue weighted by atomic mass is 9.84. The second-order valence-electron chi connectivity index (χ2n) is 18.5. The van der Waals surface area contributed by atoms with Gasteiger partial charge in [-0.1, -0.05) is 64.1 Å². The Morgan fingerprint density at radius 1 is 0.459 bits per heavy atom. The smallest absolute Gasteiger partial charge is 0.0991 e. The molecule has 0 fully saturated rings. The lowest BCUT2D eigenvalue weighted by Crippen LogP contribution is -2.13. The van der Waals surface area contributed by atoms with Crippen molar-refractivity contribution in [2.24, 2.45) is 0 Å². The van der Waals surface area contributed by atoms with Crippen LogP contribution in [0.5, 0.6) is 0 Å². The van der Waals surface area contributed by atoms with Crippen molar-refractivity contribution in [3.8, 4) is 12.1 Å². The minimum Gasteiger partial charge on any atom is -0.310 e. The molecule has 0 unspecified atom stereocenters. The summed E-state index contributed by atoms with van der Waals surface area (Å²) >= 11 is 0. The number of rotatable bonds is 10. The summed E-state index contributed by atoms with van der Waals surface area (Å²) in [7, 11) is -2.06. The van der Waals surface area contributed by atoms with Gasteiger partial charge in [0.1, 0.15) is 0 Å². The van der Waals surface area contributed by atoms with Gasteiger partial charge in [-0.15, -0.1) is 0 Å². The number of hydrogen-bond acceptors (Lipinski definition) is 4. The molecule has 0 aliphatic rings. The van der Waals surface area contributed by atoms with E-state index < -0.39 is 20.1 Å². The Kier molecular flexibility index (Phi) is 10.9. The van der Waals surface area contributed by atoms with Crippen LogP contribution < -0.4 is 9.80 Å². The lowest BCUT2D eigenvalue weighted by molar-refractivity contribution is 0.875. The van der Waals surface area contributed by atoms with Crippen molar-refractivity contribution < 1.29 is 0 Å². The van der Waals surface area contributed by atoms with E-state index in [1.807, 2.05) is 24.3 Å². The van der Waals surface area contributed by atoms with E-state index in [1.165, 1.54) is 58.8 Å². The first-order valence-corrected chi connectivity index (χ1v) is 26.7. The molecule has 8 aromatic carbocycles. The van der Waals surface area contributed by atoms with Crippen LogP contribution in [0.25, 0.3) is 32.3 Å². The van der Waals surface area contributed by atoms with Crippen molar-refractivity contribution >= 4 is 86.5 Å². The van der Waals surface area contributed by atoms with Crippen molar-refractivity contribution in [1.82, 2.24) is 0 Å². The van der Waals surface area contributed by atoms with E-state index in [0.29, 0.717) is 11.1 Å². The second-order valence-corrected chi connectivity index (χ2v) is 26.7. The number of nitriles is 2. The number of benzene rings is 8. The van der Waals surface area contributed by atoms with Gasteiger partial charge in [0.15, 0.2) is 0 Å². The average Bonchev–Trinajstić information content (AvgIpc) is 3.23. The van der Waals surface area contributed by atoms with E-state index in [0.717, 1.165) is 34.1 Å². The highest BCUT2D eigenvalue weighted by Crippen LogP contribution is 2.54. The van der Waals surface area contributed by atoms with Gasteiger partial charge in [0.05, 0.1) is 34.6 Å². The molecule has 0 spiro atoms. The number of hydrogen-bond donors (Lipinski definition) is 0. The van der Waals surface area contributed by atoms with Gasteiger partial charge in [0.25, 0.3) is 0 Å². The van der Waals surface area contributed by atoms with E-state index in [-0.39, 0.29) is 11.8 Å². The maximum atomic E-state index is 9.82. The molecule has 0 saturated heterocycles. The molecule has 308 valence electrons. The van der Waals surface area contributed by atoms with Crippen LogP contribution in [0, 0.1) is 29.6 Å². The van der Waals surface area contributed by atoms with Crippen molar-refractivity contribution in [3.05, 3.63) is 155 Å². The van der Waals surface area contributed by atoms with Crippen LogP contribution in [-0.4, -0.2) is 37.5 Å². The van der Waals surface area contributed by atoms with Gasteiger partial charge in [0.2, 0.25) is 0 Å². The third kappa shape index (κ3) is 7.58. The minimum atomic E-state index is -1.05. The Balaban J connectivity index is 1.51. The van der Waals surface area contributed by atoms with Gasteiger partial charge in [-0.25, -0.2) is 20.1 Å². The largest absolute Gasteiger partial charge is 0.310 e. The molecule has 0 amide bonds. The fraction of sp³-hybridized carbons (Fsp3) is 0.236. The molecule has 0 aliphatic heterocycles. The molecule has 0 heterocycles. The van der Waals surface area contributed by atoms with E-state index in [4.69, 9.17) is 0 Å². The van der Waals surface area contributed by atoms with Crippen LogP contribution in [0.15, 0.2) is 137 Å². The molecule has 0 bridgehead atoms. The monoisotopic (exact) mass is 836 g/mol. The molecular weight excluding hydrogens is 781 g/mol. The molecule has 6 heteroatoms. The Morgan fingerprint density at radius 2 is 0.885 bits per heavy atom. The van der Waals surface area contributed by atoms with Crippen molar-refractivity contribution in [2.75, 3.05) is 47.3 Å². The molecular formula is C55H56N4S2. The van der Waals surface area contributed by atoms with Crippen molar-refractivity contribution in [2.45, 2.75) is 56.2 Å². The zero-order valence-electron chi connectivity index (χ0n) is 37.4. The minimum absolute atomic E-state index is 0.251. The first-order chi connectivity index (χ1) is 29.0. The molecule has 8 aromatic rings. The summed E-state index contributed by atoms with van der Waals surface area (Å²) in [4.78, 5) is 7.55. The summed E-state index contributed by atoms with van der Waals surface area (Å²) in [6.07, 6.45) is 14.1. The van der Waals surface area contributed by atoms with Crippen molar-refractivity contribution in [1.29, 1.82) is 10.5 Å². The zero-order valence-corrected chi connectivity index (χ0v) is 39.0. The Bertz CT molecular complexity index is 3030. The lowest BCUT2D eigenvalue weighted by Gasteiger charge is -2.33. The highest BCUT2D eigenvalue weighted by Gasteiger charge is 2.27. The van der Waals surface area contributed by atoms with Crippen LogP contribution in [0.2, 0.25) is 0 Å². The Hall–Kier alpha value is -5.92. The van der Waals surface area contributed by atoms with Gasteiger partial charge >= 0.3 is 0 Å². The topological polar surface area (TPSA) is 54.1 Å². The SMILES string of the molecule is Cc1ccc(N(c2ccc(C#N)cc2)c2cc(C(C)C)c3ccc4c(N(c5ccc(C#N)cc5)c5cccc(S(C)(C)C)c5)cc(C(C)C)c5ccc2c3c54)cc1S(C)(C)C. The van der Waals surface area contributed by atoms with Gasteiger partial charge in [-0.3, -0.25) is 0 Å². The van der Waals surface area contributed by atoms with Gasteiger partial charge in [-0.2, -0.15) is 10.5 Å². The third-order valence-corrected chi connectivity index (χ3v) is 15.5. The summed E-state index contributed by atoms with van der Waals surface area (Å²) in [6.45, 7) is 11.4. The van der Waals surface area contributed by atoms with Crippen molar-refractivity contribution in [3.63, 3.8) is 0 Å². The van der Waals surface area contributed by atoms with Gasteiger partial charge in [0, 0.05) is 33.5 Å². The maximum absolute atomic E-state index is 9.82.